The van der Waals surface area contributed by atoms with Crippen LogP contribution in [-0.2, 0) is 14.3 Å². The molecule has 0 spiro atoms. The molecule has 2 atom stereocenters. The topological polar surface area (TPSA) is 118 Å². The largest absolute Gasteiger partial charge is 1.00 e. The van der Waals surface area contributed by atoms with Crippen LogP contribution in [-0.4, -0.2) is 69.0 Å². The summed E-state index contributed by atoms with van der Waals surface area (Å²) in [4.78, 5) is 10.7. The summed E-state index contributed by atoms with van der Waals surface area (Å²) in [5, 5.41) is 31.0. The van der Waals surface area contributed by atoms with Gasteiger partial charge in [-0.15, -0.1) is 0 Å². The summed E-state index contributed by atoms with van der Waals surface area (Å²) in [7, 11) is 3.12. The number of ether oxygens (including phenoxy) is 4. The molecule has 0 fully saturated rings. The summed E-state index contributed by atoms with van der Waals surface area (Å²) in [5.74, 6) is -0.825. The average molecular weight is 543 g/mol. The van der Waals surface area contributed by atoms with Crippen LogP contribution < -0.4 is 44.1 Å². The van der Waals surface area contributed by atoms with Crippen molar-refractivity contribution >= 4 is 12.0 Å². The number of aliphatic hydroxyl groups is 2. The molecule has 0 aliphatic carbocycles. The van der Waals surface area contributed by atoms with Crippen molar-refractivity contribution in [1.29, 1.82) is 0 Å². The van der Waals surface area contributed by atoms with Crippen molar-refractivity contribution in [1.82, 2.24) is 0 Å². The van der Waals surface area contributed by atoms with Gasteiger partial charge in [0.15, 0.2) is 11.5 Å². The molecule has 2 N–H and O–H groups in total. The summed E-state index contributed by atoms with van der Waals surface area (Å²) >= 11 is 0. The van der Waals surface area contributed by atoms with Crippen LogP contribution >= 0.6 is 0 Å². The number of carboxylic acids is 1. The molecule has 0 bridgehead atoms. The Kier molecular flexibility index (Phi) is 15.7. The molecule has 0 aliphatic heterocycles. The molecule has 10 heteroatoms. The second kappa shape index (κ2) is 17.6. The Hall–Kier alpha value is -1.98. The first kappa shape index (κ1) is 34.0. The van der Waals surface area contributed by atoms with Crippen LogP contribution in [0.4, 0.5) is 4.39 Å². The summed E-state index contributed by atoms with van der Waals surface area (Å²) in [6.07, 6.45) is 0.0689. The van der Waals surface area contributed by atoms with Gasteiger partial charge < -0.3 is 39.1 Å². The van der Waals surface area contributed by atoms with Gasteiger partial charge in [-0.05, 0) is 40.8 Å². The van der Waals surface area contributed by atoms with Crippen LogP contribution in [0.15, 0.2) is 36.4 Å². The molecule has 8 nitrogen and oxygen atoms in total. The van der Waals surface area contributed by atoms with Crippen molar-refractivity contribution in [3.05, 3.63) is 53.4 Å². The number of benzene rings is 2. The third kappa shape index (κ3) is 10.6. The van der Waals surface area contributed by atoms with Crippen LogP contribution in [0.1, 0.15) is 43.7 Å². The number of carbonyl (C=O) groups excluding carboxylic acids is 1. The van der Waals surface area contributed by atoms with Crippen LogP contribution in [0, 0.1) is 5.82 Å². The number of halogens is 1. The monoisotopic (exact) mass is 542 g/mol. The number of carboxylic acid groups (broad SMARTS) is 1. The maximum atomic E-state index is 13.8. The van der Waals surface area contributed by atoms with Gasteiger partial charge in [-0.3, -0.25) is 0 Å². The van der Waals surface area contributed by atoms with E-state index in [0.29, 0.717) is 48.0 Å². The summed E-state index contributed by atoms with van der Waals surface area (Å²) in [5.41, 5.74) is 2.91. The number of carbonyl (C=O) groups is 1. The minimum Gasteiger partial charge on any atom is -0.550 e. The van der Waals surface area contributed by atoms with Crippen LogP contribution in [0.3, 0.4) is 0 Å². The first-order chi connectivity index (χ1) is 17.7. The molecule has 0 saturated heterocycles. The Labute approximate surface area is 245 Å². The van der Waals surface area contributed by atoms with E-state index in [-0.39, 0.29) is 54.3 Å². The van der Waals surface area contributed by atoms with E-state index in [2.05, 4.69) is 0 Å². The van der Waals surface area contributed by atoms with Gasteiger partial charge in [0.2, 0.25) is 0 Å². The van der Waals surface area contributed by atoms with E-state index in [9.17, 15) is 24.5 Å². The van der Waals surface area contributed by atoms with Crippen molar-refractivity contribution in [2.45, 2.75) is 44.8 Å². The van der Waals surface area contributed by atoms with Gasteiger partial charge in [0, 0.05) is 31.5 Å². The van der Waals surface area contributed by atoms with Crippen LogP contribution in [0.2, 0.25) is 0 Å². The van der Waals surface area contributed by atoms with Crippen LogP contribution in [0.25, 0.3) is 17.2 Å². The molecule has 0 heterocycles. The second-order valence-corrected chi connectivity index (χ2v) is 8.79. The zero-order valence-corrected chi connectivity index (χ0v) is 24.7. The Bertz CT molecular complexity index is 1030. The van der Waals surface area contributed by atoms with E-state index in [4.69, 9.17) is 18.9 Å². The fraction of sp³-hybridized carbons (Fsp3) is 0.464. The van der Waals surface area contributed by atoms with Gasteiger partial charge in [-0.25, -0.2) is 4.39 Å². The van der Waals surface area contributed by atoms with E-state index in [1.807, 2.05) is 19.9 Å². The summed E-state index contributed by atoms with van der Waals surface area (Å²) in [6, 6.07) is 7.82. The SMILES string of the molecule is COCCOCCOc1c(OC)cc(C(C)C)c(/C=C/C(O)CC(O)CC(=O)[O-])c1-c1ccc(F)cc1.[Na+]. The molecular weight excluding hydrogens is 506 g/mol. The number of aliphatic hydroxyl groups excluding tert-OH is 2. The first-order valence-corrected chi connectivity index (χ1v) is 12.1. The number of rotatable bonds is 16. The molecule has 2 unspecified atom stereocenters. The average Bonchev–Trinajstić information content (AvgIpc) is 2.84. The third-order valence-corrected chi connectivity index (χ3v) is 5.60. The zero-order valence-electron chi connectivity index (χ0n) is 22.7. The first-order valence-electron chi connectivity index (χ1n) is 12.1. The summed E-state index contributed by atoms with van der Waals surface area (Å²) in [6.45, 7) is 5.42. The quantitative estimate of drug-likeness (QED) is 0.224. The van der Waals surface area contributed by atoms with E-state index < -0.39 is 24.6 Å². The normalized spacial score (nSPS) is 12.8. The van der Waals surface area contributed by atoms with E-state index in [1.165, 1.54) is 25.3 Å². The van der Waals surface area contributed by atoms with Crippen molar-refractivity contribution < 1.29 is 73.0 Å². The molecular formula is C28H36FNaO8. The molecule has 0 amide bonds. The molecule has 0 saturated carbocycles. The van der Waals surface area contributed by atoms with Crippen molar-refractivity contribution in [2.75, 3.05) is 40.6 Å². The molecule has 38 heavy (non-hydrogen) atoms. The fourth-order valence-electron chi connectivity index (χ4n) is 3.82. The van der Waals surface area contributed by atoms with Gasteiger partial charge in [-0.1, -0.05) is 38.1 Å². The van der Waals surface area contributed by atoms with Crippen molar-refractivity contribution in [3.8, 4) is 22.6 Å². The van der Waals surface area contributed by atoms with E-state index >= 15 is 0 Å². The number of aliphatic carboxylic acids is 1. The smallest absolute Gasteiger partial charge is 0.550 e. The van der Waals surface area contributed by atoms with Crippen molar-refractivity contribution in [3.63, 3.8) is 0 Å². The maximum absolute atomic E-state index is 13.8. The Morgan fingerprint density at radius 1 is 1.08 bits per heavy atom. The van der Waals surface area contributed by atoms with Gasteiger partial charge in [0.1, 0.15) is 12.4 Å². The predicted octanol–water partition coefficient (Wildman–Crippen LogP) is -0.0644. The number of hydrogen-bond acceptors (Lipinski definition) is 8. The minimum absolute atomic E-state index is 0. The van der Waals surface area contributed by atoms with Gasteiger partial charge in [0.05, 0.1) is 39.1 Å². The standard InChI is InChI=1S/C28H37FO8.Na/c1-18(2)24-17-25(35-4)28(37-14-13-36-12-11-34-3)27(19-5-7-20(29)8-6-19)23(24)10-9-21(30)15-22(31)16-26(32)33;/h5-10,17-18,21-22,30-31H,11-16H2,1-4H3,(H,32,33);/q;+1/p-1/b10-9+;. The van der Waals surface area contributed by atoms with Gasteiger partial charge in [-0.2, -0.15) is 0 Å². The Morgan fingerprint density at radius 3 is 2.32 bits per heavy atom. The van der Waals surface area contributed by atoms with Gasteiger partial charge >= 0.3 is 29.6 Å². The molecule has 2 aromatic carbocycles. The Morgan fingerprint density at radius 2 is 1.74 bits per heavy atom. The zero-order chi connectivity index (χ0) is 27.4. The number of hydrogen-bond donors (Lipinski definition) is 2. The van der Waals surface area contributed by atoms with Crippen LogP contribution in [0.5, 0.6) is 11.5 Å². The number of methoxy groups -OCH3 is 2. The molecule has 2 aromatic rings. The maximum Gasteiger partial charge on any atom is 1.00 e. The van der Waals surface area contributed by atoms with Gasteiger partial charge in [0.25, 0.3) is 0 Å². The molecule has 204 valence electrons. The fourth-order valence-corrected chi connectivity index (χ4v) is 3.82. The predicted molar refractivity (Wildman–Crippen MR) is 136 cm³/mol. The van der Waals surface area contributed by atoms with Crippen molar-refractivity contribution in [2.24, 2.45) is 0 Å². The molecule has 2 rings (SSSR count). The summed E-state index contributed by atoms with van der Waals surface area (Å²) < 4.78 is 36.0. The molecule has 0 aliphatic rings. The molecule has 0 radical (unpaired) electrons. The second-order valence-electron chi connectivity index (χ2n) is 8.79. The molecule has 0 aromatic heterocycles. The van der Waals surface area contributed by atoms with E-state index in [1.54, 1.807) is 25.3 Å². The Balaban J connectivity index is 0.00000722. The van der Waals surface area contributed by atoms with E-state index in [0.717, 1.165) is 5.56 Å². The third-order valence-electron chi connectivity index (χ3n) is 5.60. The minimum atomic E-state index is -1.40.